The molecule has 3 amide bonds. The average molecular weight is 469 g/mol. The van der Waals surface area contributed by atoms with Crippen LogP contribution in [0.1, 0.15) is 25.7 Å². The topological polar surface area (TPSA) is 102 Å². The van der Waals surface area contributed by atoms with Gasteiger partial charge in [0.25, 0.3) is 5.91 Å². The Morgan fingerprint density at radius 3 is 2.42 bits per heavy atom. The first-order valence-electron chi connectivity index (χ1n) is 10.0. The third kappa shape index (κ3) is 5.15. The molecule has 10 heteroatoms. The second-order valence-electron chi connectivity index (χ2n) is 7.52. The van der Waals surface area contributed by atoms with Gasteiger partial charge in [0.2, 0.25) is 11.8 Å². The van der Waals surface area contributed by atoms with Crippen molar-refractivity contribution in [1.82, 2.24) is 4.90 Å². The molecule has 1 aliphatic heterocycles. The van der Waals surface area contributed by atoms with E-state index in [-0.39, 0.29) is 29.4 Å². The minimum atomic E-state index is -1.04. The first-order valence-corrected chi connectivity index (χ1v) is 11.8. The van der Waals surface area contributed by atoms with E-state index in [0.717, 1.165) is 17.7 Å². The number of anilines is 1. The highest BCUT2D eigenvalue weighted by Crippen LogP contribution is 2.39. The van der Waals surface area contributed by atoms with Gasteiger partial charge in [-0.2, -0.15) is 11.8 Å². The summed E-state index contributed by atoms with van der Waals surface area (Å²) in [7, 11) is 1.48. The molecule has 3 atom stereocenters. The lowest BCUT2D eigenvalue weighted by Crippen LogP contribution is -2.48. The van der Waals surface area contributed by atoms with Gasteiger partial charge in [-0.1, -0.05) is 24.4 Å². The van der Waals surface area contributed by atoms with Gasteiger partial charge in [-0.3, -0.25) is 19.3 Å². The van der Waals surface area contributed by atoms with Crippen molar-refractivity contribution < 1.29 is 28.7 Å². The van der Waals surface area contributed by atoms with Crippen LogP contribution in [0.5, 0.6) is 5.75 Å². The van der Waals surface area contributed by atoms with E-state index in [2.05, 4.69) is 5.32 Å². The maximum absolute atomic E-state index is 12.8. The number of thioether (sulfide) groups is 1. The molecule has 0 unspecified atom stereocenters. The predicted octanol–water partition coefficient (Wildman–Crippen LogP) is 2.74. The van der Waals surface area contributed by atoms with E-state index in [9.17, 15) is 19.2 Å². The summed E-state index contributed by atoms with van der Waals surface area (Å²) in [4.78, 5) is 51.6. The summed E-state index contributed by atoms with van der Waals surface area (Å²) in [5, 5.41) is 2.90. The number of ether oxygens (including phenoxy) is 2. The Labute approximate surface area is 190 Å². The standard InChI is InChI=1S/C21H25ClN2O6S/c1-29-17-8-7-12(9-15(17)22)23-18(25)10-30-21(28)16(11-31-2)24-19(26)13-5-3-4-6-14(13)20(24)27/h7-9,13-14,16H,3-6,10-11H2,1-2H3,(H,23,25)/t13-,14-,16-/m0/s1. The van der Waals surface area contributed by atoms with Crippen LogP contribution in [-0.4, -0.2) is 60.4 Å². The van der Waals surface area contributed by atoms with Gasteiger partial charge in [0.1, 0.15) is 11.8 Å². The Bertz CT molecular complexity index is 855. The maximum Gasteiger partial charge on any atom is 0.330 e. The van der Waals surface area contributed by atoms with Crippen LogP contribution in [0, 0.1) is 11.8 Å². The number of imide groups is 1. The van der Waals surface area contributed by atoms with Crippen LogP contribution in [0.2, 0.25) is 5.02 Å². The molecule has 31 heavy (non-hydrogen) atoms. The molecule has 1 N–H and O–H groups in total. The maximum atomic E-state index is 12.8. The molecule has 2 fully saturated rings. The van der Waals surface area contributed by atoms with Crippen LogP contribution in [0.25, 0.3) is 0 Å². The van der Waals surface area contributed by atoms with Crippen molar-refractivity contribution in [3.8, 4) is 5.75 Å². The van der Waals surface area contributed by atoms with Crippen molar-refractivity contribution in [2.45, 2.75) is 31.7 Å². The summed E-state index contributed by atoms with van der Waals surface area (Å²) in [6.45, 7) is -0.545. The highest BCUT2D eigenvalue weighted by molar-refractivity contribution is 7.98. The fourth-order valence-corrected chi connectivity index (χ4v) is 4.93. The van der Waals surface area contributed by atoms with Gasteiger partial charge < -0.3 is 14.8 Å². The van der Waals surface area contributed by atoms with E-state index in [0.29, 0.717) is 29.3 Å². The number of halogens is 1. The van der Waals surface area contributed by atoms with E-state index in [1.807, 2.05) is 0 Å². The van der Waals surface area contributed by atoms with Gasteiger partial charge in [-0.15, -0.1) is 0 Å². The Kier molecular flexibility index (Phi) is 7.83. The smallest absolute Gasteiger partial charge is 0.330 e. The van der Waals surface area contributed by atoms with E-state index < -0.39 is 24.5 Å². The summed E-state index contributed by atoms with van der Waals surface area (Å²) >= 11 is 7.37. The van der Waals surface area contributed by atoms with Crippen molar-refractivity contribution in [2.24, 2.45) is 11.8 Å². The molecule has 0 spiro atoms. The number of nitrogens with one attached hydrogen (secondary N) is 1. The van der Waals surface area contributed by atoms with E-state index in [1.54, 1.807) is 18.4 Å². The molecule has 1 saturated carbocycles. The predicted molar refractivity (Wildman–Crippen MR) is 117 cm³/mol. The summed E-state index contributed by atoms with van der Waals surface area (Å²) in [6.07, 6.45) is 4.92. The Morgan fingerprint density at radius 1 is 1.23 bits per heavy atom. The minimum Gasteiger partial charge on any atom is -0.495 e. The van der Waals surface area contributed by atoms with Crippen molar-refractivity contribution in [3.05, 3.63) is 23.2 Å². The molecule has 1 aromatic carbocycles. The number of rotatable bonds is 8. The lowest BCUT2D eigenvalue weighted by atomic mass is 9.81. The number of likely N-dealkylation sites (tertiary alicyclic amines) is 1. The lowest BCUT2D eigenvalue weighted by molar-refractivity contribution is -0.158. The fraction of sp³-hybridized carbons (Fsp3) is 0.524. The molecule has 1 saturated heterocycles. The van der Waals surface area contributed by atoms with Gasteiger partial charge in [0.05, 0.1) is 24.0 Å². The monoisotopic (exact) mass is 468 g/mol. The number of hydrogen-bond donors (Lipinski definition) is 1. The van der Waals surface area contributed by atoms with E-state index in [4.69, 9.17) is 21.1 Å². The third-order valence-electron chi connectivity index (χ3n) is 5.56. The normalized spacial score (nSPS) is 21.5. The zero-order chi connectivity index (χ0) is 22.5. The molecule has 168 valence electrons. The Morgan fingerprint density at radius 2 is 1.87 bits per heavy atom. The highest BCUT2D eigenvalue weighted by Gasteiger charge is 2.52. The van der Waals surface area contributed by atoms with Crippen molar-refractivity contribution in [2.75, 3.05) is 31.0 Å². The van der Waals surface area contributed by atoms with Gasteiger partial charge in [-0.25, -0.2) is 4.79 Å². The summed E-state index contributed by atoms with van der Waals surface area (Å²) in [5.41, 5.74) is 0.418. The van der Waals surface area contributed by atoms with Gasteiger partial charge in [0, 0.05) is 11.4 Å². The number of fused-ring (bicyclic) bond motifs is 1. The van der Waals surface area contributed by atoms with Crippen molar-refractivity contribution in [3.63, 3.8) is 0 Å². The van der Waals surface area contributed by atoms with Crippen LogP contribution in [0.4, 0.5) is 5.69 Å². The zero-order valence-corrected chi connectivity index (χ0v) is 19.0. The molecule has 1 aromatic rings. The average Bonchev–Trinajstić information content (AvgIpc) is 3.01. The lowest BCUT2D eigenvalue weighted by Gasteiger charge is -2.24. The highest BCUT2D eigenvalue weighted by atomic mass is 35.5. The third-order valence-corrected chi connectivity index (χ3v) is 6.51. The van der Waals surface area contributed by atoms with E-state index >= 15 is 0 Å². The molecule has 1 heterocycles. The van der Waals surface area contributed by atoms with Crippen molar-refractivity contribution >= 4 is 52.7 Å². The van der Waals surface area contributed by atoms with Crippen LogP contribution in [-0.2, 0) is 23.9 Å². The Balaban J connectivity index is 1.61. The molecule has 0 aromatic heterocycles. The number of nitrogens with zero attached hydrogens (tertiary/aromatic N) is 1. The quantitative estimate of drug-likeness (QED) is 0.462. The molecule has 8 nitrogen and oxygen atoms in total. The molecular weight excluding hydrogens is 444 g/mol. The molecule has 0 radical (unpaired) electrons. The SMILES string of the molecule is COc1ccc(NC(=O)COC(=O)[C@H](CSC)N2C(=O)[C@H]3CCCC[C@@H]3C2=O)cc1Cl. The fourth-order valence-electron chi connectivity index (χ4n) is 4.08. The summed E-state index contributed by atoms with van der Waals surface area (Å²) < 4.78 is 10.2. The second kappa shape index (κ2) is 10.4. The number of carbonyl (C=O) groups is 4. The summed E-state index contributed by atoms with van der Waals surface area (Å²) in [5.74, 6) is -1.95. The number of methoxy groups -OCH3 is 1. The number of esters is 1. The minimum absolute atomic E-state index is 0.214. The Hall–Kier alpha value is -2.26. The number of amides is 3. The van der Waals surface area contributed by atoms with Gasteiger partial charge in [0.15, 0.2) is 6.61 Å². The van der Waals surface area contributed by atoms with Gasteiger partial charge >= 0.3 is 5.97 Å². The van der Waals surface area contributed by atoms with E-state index in [1.165, 1.54) is 24.9 Å². The van der Waals surface area contributed by atoms with Crippen LogP contribution >= 0.6 is 23.4 Å². The number of carbonyl (C=O) groups excluding carboxylic acids is 4. The van der Waals surface area contributed by atoms with Gasteiger partial charge in [-0.05, 0) is 37.3 Å². The molecule has 2 aliphatic rings. The largest absolute Gasteiger partial charge is 0.495 e. The molecule has 0 bridgehead atoms. The first kappa shape index (κ1) is 23.4. The zero-order valence-electron chi connectivity index (χ0n) is 17.4. The van der Waals surface area contributed by atoms with Crippen LogP contribution in [0.15, 0.2) is 18.2 Å². The van der Waals surface area contributed by atoms with Crippen molar-refractivity contribution in [1.29, 1.82) is 0 Å². The molecule has 3 rings (SSSR count). The summed E-state index contributed by atoms with van der Waals surface area (Å²) in [6, 6.07) is 3.68. The van der Waals surface area contributed by atoms with Crippen LogP contribution in [0.3, 0.4) is 0 Å². The molecule has 1 aliphatic carbocycles. The van der Waals surface area contributed by atoms with Crippen LogP contribution < -0.4 is 10.1 Å². The first-order chi connectivity index (χ1) is 14.9. The number of hydrogen-bond acceptors (Lipinski definition) is 7. The molecular formula is C21H25ClN2O6S. The number of benzene rings is 1. The second-order valence-corrected chi connectivity index (χ2v) is 8.84.